The van der Waals surface area contributed by atoms with Gasteiger partial charge in [-0.2, -0.15) is 0 Å². The standard InChI is InChI=1S/C19H18N2/c1-12-11-20-13(2)19(12)14-8-9-18-16(10-14)15-6-4-5-7-17(15)21(18)3/h4-11,20H,1-3H3. The van der Waals surface area contributed by atoms with Gasteiger partial charge >= 0.3 is 0 Å². The zero-order valence-electron chi connectivity index (χ0n) is 12.6. The molecule has 2 nitrogen and oxygen atoms in total. The van der Waals surface area contributed by atoms with E-state index in [1.54, 1.807) is 0 Å². The third kappa shape index (κ3) is 1.65. The number of nitrogens with zero attached hydrogens (tertiary/aromatic N) is 1. The highest BCUT2D eigenvalue weighted by Crippen LogP contribution is 2.34. The van der Waals surface area contributed by atoms with Crippen LogP contribution in [0.2, 0.25) is 0 Å². The Morgan fingerprint density at radius 2 is 1.67 bits per heavy atom. The van der Waals surface area contributed by atoms with Crippen molar-refractivity contribution in [2.75, 3.05) is 0 Å². The van der Waals surface area contributed by atoms with Gasteiger partial charge in [0, 0.05) is 46.3 Å². The molecule has 0 aliphatic heterocycles. The minimum atomic E-state index is 1.23. The average Bonchev–Trinajstić information content (AvgIpc) is 2.98. The van der Waals surface area contributed by atoms with Crippen LogP contribution in [-0.4, -0.2) is 9.55 Å². The third-order valence-corrected chi connectivity index (χ3v) is 4.48. The van der Waals surface area contributed by atoms with Gasteiger partial charge in [-0.15, -0.1) is 0 Å². The van der Waals surface area contributed by atoms with Gasteiger partial charge in [0.15, 0.2) is 0 Å². The van der Waals surface area contributed by atoms with Crippen molar-refractivity contribution in [3.05, 3.63) is 59.9 Å². The summed E-state index contributed by atoms with van der Waals surface area (Å²) in [5.41, 5.74) is 7.71. The number of aromatic nitrogens is 2. The van der Waals surface area contributed by atoms with Crippen molar-refractivity contribution in [3.8, 4) is 11.1 Å². The molecule has 4 aromatic rings. The predicted octanol–water partition coefficient (Wildman–Crippen LogP) is 4.94. The van der Waals surface area contributed by atoms with E-state index in [-0.39, 0.29) is 0 Å². The molecule has 0 bridgehead atoms. The van der Waals surface area contributed by atoms with Crippen LogP contribution in [0.5, 0.6) is 0 Å². The third-order valence-electron chi connectivity index (χ3n) is 4.48. The van der Waals surface area contributed by atoms with E-state index in [2.05, 4.69) is 79.1 Å². The van der Waals surface area contributed by atoms with Crippen LogP contribution in [-0.2, 0) is 7.05 Å². The van der Waals surface area contributed by atoms with Crippen molar-refractivity contribution in [3.63, 3.8) is 0 Å². The van der Waals surface area contributed by atoms with Gasteiger partial charge in [0.2, 0.25) is 0 Å². The van der Waals surface area contributed by atoms with Crippen LogP contribution < -0.4 is 0 Å². The fraction of sp³-hybridized carbons (Fsp3) is 0.158. The van der Waals surface area contributed by atoms with E-state index < -0.39 is 0 Å². The number of H-pyrrole nitrogens is 1. The Labute approximate surface area is 124 Å². The Kier molecular flexibility index (Phi) is 2.49. The van der Waals surface area contributed by atoms with Gasteiger partial charge in [-0.1, -0.05) is 24.3 Å². The molecule has 2 heteroatoms. The molecule has 0 amide bonds. The Morgan fingerprint density at radius 1 is 0.905 bits per heavy atom. The summed E-state index contributed by atoms with van der Waals surface area (Å²) in [7, 11) is 2.14. The number of benzene rings is 2. The second kappa shape index (κ2) is 4.26. The van der Waals surface area contributed by atoms with Gasteiger partial charge in [-0.25, -0.2) is 0 Å². The molecule has 2 aromatic heterocycles. The highest BCUT2D eigenvalue weighted by atomic mass is 14.9. The largest absolute Gasteiger partial charge is 0.364 e. The van der Waals surface area contributed by atoms with Gasteiger partial charge in [0.05, 0.1) is 0 Å². The fourth-order valence-electron chi connectivity index (χ4n) is 3.42. The van der Waals surface area contributed by atoms with E-state index in [0.717, 1.165) is 0 Å². The number of hydrogen-bond donors (Lipinski definition) is 1. The minimum absolute atomic E-state index is 1.23. The zero-order valence-corrected chi connectivity index (χ0v) is 12.6. The number of nitrogens with one attached hydrogen (secondary N) is 1. The summed E-state index contributed by atoms with van der Waals surface area (Å²) in [4.78, 5) is 3.32. The number of aromatic amines is 1. The van der Waals surface area contributed by atoms with Gasteiger partial charge in [-0.3, -0.25) is 0 Å². The van der Waals surface area contributed by atoms with E-state index in [0.29, 0.717) is 0 Å². The van der Waals surface area contributed by atoms with Crippen molar-refractivity contribution >= 4 is 21.8 Å². The van der Waals surface area contributed by atoms with E-state index in [1.807, 2.05) is 0 Å². The molecular formula is C19H18N2. The molecule has 1 N–H and O–H groups in total. The maximum atomic E-state index is 3.32. The summed E-state index contributed by atoms with van der Waals surface area (Å²) in [5.74, 6) is 0. The monoisotopic (exact) mass is 274 g/mol. The quantitative estimate of drug-likeness (QED) is 0.507. The van der Waals surface area contributed by atoms with Crippen LogP contribution in [0, 0.1) is 13.8 Å². The normalized spacial score (nSPS) is 11.6. The molecule has 0 aliphatic carbocycles. The van der Waals surface area contributed by atoms with Crippen LogP contribution in [0.15, 0.2) is 48.7 Å². The number of para-hydroxylation sites is 1. The summed E-state index contributed by atoms with van der Waals surface area (Å²) in [5, 5.41) is 2.65. The molecule has 4 rings (SSSR count). The molecule has 0 saturated heterocycles. The summed E-state index contributed by atoms with van der Waals surface area (Å²) in [6, 6.07) is 15.4. The van der Waals surface area contributed by atoms with Gasteiger partial charge in [-0.05, 0) is 43.2 Å². The summed E-state index contributed by atoms with van der Waals surface area (Å²) >= 11 is 0. The van der Waals surface area contributed by atoms with Crippen molar-refractivity contribution in [2.24, 2.45) is 7.05 Å². The molecular weight excluding hydrogens is 256 g/mol. The lowest BCUT2D eigenvalue weighted by Gasteiger charge is -2.04. The van der Waals surface area contributed by atoms with Gasteiger partial charge < -0.3 is 9.55 Å². The number of aryl methyl sites for hydroxylation is 3. The Balaban J connectivity index is 2.09. The van der Waals surface area contributed by atoms with Crippen molar-refractivity contribution in [2.45, 2.75) is 13.8 Å². The average molecular weight is 274 g/mol. The molecule has 0 unspecified atom stereocenters. The second-order valence-corrected chi connectivity index (χ2v) is 5.78. The lowest BCUT2D eigenvalue weighted by atomic mass is 10.0. The Hall–Kier alpha value is -2.48. The number of fused-ring (bicyclic) bond motifs is 3. The molecule has 0 fully saturated rings. The topological polar surface area (TPSA) is 20.7 Å². The summed E-state index contributed by atoms with van der Waals surface area (Å²) < 4.78 is 2.27. The molecule has 0 spiro atoms. The molecule has 104 valence electrons. The smallest absolute Gasteiger partial charge is 0.0489 e. The fourth-order valence-corrected chi connectivity index (χ4v) is 3.42. The molecule has 0 aliphatic rings. The van der Waals surface area contributed by atoms with Crippen LogP contribution in [0.4, 0.5) is 0 Å². The van der Waals surface area contributed by atoms with Crippen LogP contribution >= 0.6 is 0 Å². The first-order chi connectivity index (χ1) is 10.2. The van der Waals surface area contributed by atoms with E-state index in [9.17, 15) is 0 Å². The first kappa shape index (κ1) is 12.3. The highest BCUT2D eigenvalue weighted by Gasteiger charge is 2.11. The van der Waals surface area contributed by atoms with Crippen LogP contribution in [0.25, 0.3) is 32.9 Å². The first-order valence-electron chi connectivity index (χ1n) is 7.29. The number of rotatable bonds is 1. The van der Waals surface area contributed by atoms with Crippen molar-refractivity contribution in [1.29, 1.82) is 0 Å². The SMILES string of the molecule is Cc1c[nH]c(C)c1-c1ccc2c(c1)c1ccccc1n2C. The zero-order chi connectivity index (χ0) is 14.6. The van der Waals surface area contributed by atoms with Crippen molar-refractivity contribution < 1.29 is 0 Å². The molecule has 0 saturated carbocycles. The maximum absolute atomic E-state index is 3.32. The lowest BCUT2D eigenvalue weighted by molar-refractivity contribution is 1.01. The second-order valence-electron chi connectivity index (χ2n) is 5.78. The highest BCUT2D eigenvalue weighted by molar-refractivity contribution is 6.09. The molecule has 2 heterocycles. The Bertz CT molecular complexity index is 950. The summed E-state index contributed by atoms with van der Waals surface area (Å²) in [6.07, 6.45) is 2.08. The van der Waals surface area contributed by atoms with E-state index in [1.165, 1.54) is 44.2 Å². The maximum Gasteiger partial charge on any atom is 0.0489 e. The van der Waals surface area contributed by atoms with Crippen molar-refractivity contribution in [1.82, 2.24) is 9.55 Å². The molecule has 21 heavy (non-hydrogen) atoms. The first-order valence-corrected chi connectivity index (χ1v) is 7.29. The van der Waals surface area contributed by atoms with Crippen LogP contribution in [0.3, 0.4) is 0 Å². The Morgan fingerprint density at radius 3 is 2.43 bits per heavy atom. The van der Waals surface area contributed by atoms with Crippen LogP contribution in [0.1, 0.15) is 11.3 Å². The lowest BCUT2D eigenvalue weighted by Crippen LogP contribution is -1.86. The minimum Gasteiger partial charge on any atom is -0.364 e. The molecule has 2 aromatic carbocycles. The van der Waals surface area contributed by atoms with Gasteiger partial charge in [0.1, 0.15) is 0 Å². The predicted molar refractivity (Wildman–Crippen MR) is 89.7 cm³/mol. The molecule has 0 atom stereocenters. The summed E-state index contributed by atoms with van der Waals surface area (Å²) in [6.45, 7) is 4.29. The number of hydrogen-bond acceptors (Lipinski definition) is 0. The van der Waals surface area contributed by atoms with E-state index in [4.69, 9.17) is 0 Å². The molecule has 0 radical (unpaired) electrons. The van der Waals surface area contributed by atoms with E-state index >= 15 is 0 Å². The van der Waals surface area contributed by atoms with Gasteiger partial charge in [0.25, 0.3) is 0 Å².